The zero-order valence-corrected chi connectivity index (χ0v) is 13.2. The first-order valence-electron chi connectivity index (χ1n) is 7.57. The van der Waals surface area contributed by atoms with Gasteiger partial charge in [-0.05, 0) is 30.2 Å². The van der Waals surface area contributed by atoms with Crippen LogP contribution in [0.25, 0.3) is 0 Å². The molecule has 5 nitrogen and oxygen atoms in total. The van der Waals surface area contributed by atoms with E-state index in [-0.39, 0.29) is 12.2 Å². The van der Waals surface area contributed by atoms with Crippen LogP contribution in [0.15, 0.2) is 30.3 Å². The van der Waals surface area contributed by atoms with E-state index in [9.17, 15) is 18.0 Å². The van der Waals surface area contributed by atoms with Gasteiger partial charge in [-0.15, -0.1) is 0 Å². The molecule has 8 heteroatoms. The molecule has 0 radical (unpaired) electrons. The molecule has 24 heavy (non-hydrogen) atoms. The van der Waals surface area contributed by atoms with Crippen LogP contribution >= 0.6 is 0 Å². The fourth-order valence-corrected chi connectivity index (χ4v) is 2.36. The Morgan fingerprint density at radius 2 is 2.12 bits per heavy atom. The van der Waals surface area contributed by atoms with Crippen LogP contribution in [0.3, 0.4) is 0 Å². The molecule has 0 saturated carbocycles. The second-order valence-electron chi connectivity index (χ2n) is 5.42. The molecule has 4 N–H and O–H groups in total. The Hall–Kier alpha value is -2.35. The van der Waals surface area contributed by atoms with E-state index in [2.05, 4.69) is 15.5 Å². The molecule has 0 fully saturated rings. The first kappa shape index (κ1) is 18.0. The first-order valence-corrected chi connectivity index (χ1v) is 7.57. The number of carbonyl (C=O) groups is 1. The maximum atomic E-state index is 12.9. The van der Waals surface area contributed by atoms with Crippen LogP contribution in [0, 0.1) is 0 Å². The molecule has 0 spiro atoms. The quantitative estimate of drug-likeness (QED) is 0.755. The maximum absolute atomic E-state index is 12.9. The summed E-state index contributed by atoms with van der Waals surface area (Å²) in [7, 11) is 0. The molecule has 2 rings (SSSR count). The molecule has 1 amide bonds. The van der Waals surface area contributed by atoms with Crippen LogP contribution in [0.4, 0.5) is 13.2 Å². The second kappa shape index (κ2) is 7.48. The summed E-state index contributed by atoms with van der Waals surface area (Å²) in [5, 5.41) is 9.22. The van der Waals surface area contributed by atoms with Crippen LogP contribution in [0.5, 0.6) is 0 Å². The molecule has 2 aromatic rings. The molecule has 0 bridgehead atoms. The van der Waals surface area contributed by atoms with Gasteiger partial charge in [0.15, 0.2) is 0 Å². The number of nitrogens with zero attached hydrogens (tertiary/aromatic N) is 1. The van der Waals surface area contributed by atoms with E-state index in [1.165, 1.54) is 12.1 Å². The fourth-order valence-electron chi connectivity index (χ4n) is 2.36. The maximum Gasteiger partial charge on any atom is 0.416 e. The van der Waals surface area contributed by atoms with Crippen LogP contribution in [-0.2, 0) is 12.7 Å². The van der Waals surface area contributed by atoms with E-state index in [4.69, 9.17) is 5.73 Å². The normalized spacial score (nSPS) is 12.9. The number of halogens is 3. The largest absolute Gasteiger partial charge is 0.416 e. The number of hydrogen-bond donors (Lipinski definition) is 3. The molecule has 0 aliphatic heterocycles. The van der Waals surface area contributed by atoms with Gasteiger partial charge in [-0.25, -0.2) is 0 Å². The van der Waals surface area contributed by atoms with Gasteiger partial charge in [0.1, 0.15) is 5.69 Å². The third-order valence-electron chi connectivity index (χ3n) is 3.58. The van der Waals surface area contributed by atoms with Gasteiger partial charge in [-0.1, -0.05) is 25.5 Å². The van der Waals surface area contributed by atoms with Gasteiger partial charge in [-0.2, -0.15) is 18.3 Å². The average Bonchev–Trinajstić information content (AvgIpc) is 3.03. The summed E-state index contributed by atoms with van der Waals surface area (Å²) in [6.07, 6.45) is -3.20. The van der Waals surface area contributed by atoms with Crippen molar-refractivity contribution in [2.75, 3.05) is 0 Å². The summed E-state index contributed by atoms with van der Waals surface area (Å²) < 4.78 is 38.6. The molecule has 1 heterocycles. The van der Waals surface area contributed by atoms with E-state index in [1.807, 2.05) is 6.92 Å². The zero-order chi connectivity index (χ0) is 17.7. The molecule has 1 unspecified atom stereocenters. The van der Waals surface area contributed by atoms with E-state index >= 15 is 0 Å². The van der Waals surface area contributed by atoms with E-state index in [0.29, 0.717) is 24.1 Å². The Bertz CT molecular complexity index is 697. The number of carbonyl (C=O) groups excluding carboxylic acids is 1. The lowest BCUT2D eigenvalue weighted by Gasteiger charge is -2.19. The smallest absolute Gasteiger partial charge is 0.344 e. The van der Waals surface area contributed by atoms with E-state index in [0.717, 1.165) is 12.1 Å². The third-order valence-corrected chi connectivity index (χ3v) is 3.58. The number of amides is 1. The van der Waals surface area contributed by atoms with Crippen LogP contribution in [0.1, 0.15) is 53.1 Å². The topological polar surface area (TPSA) is 83.8 Å². The average molecular weight is 340 g/mol. The van der Waals surface area contributed by atoms with Crippen molar-refractivity contribution in [3.05, 3.63) is 52.8 Å². The van der Waals surface area contributed by atoms with Crippen LogP contribution in [0.2, 0.25) is 0 Å². The number of nitrogens with one attached hydrogen (secondary N) is 2. The monoisotopic (exact) mass is 340 g/mol. The number of H-pyrrole nitrogens is 1. The summed E-state index contributed by atoms with van der Waals surface area (Å²) in [6.45, 7) is 2.11. The summed E-state index contributed by atoms with van der Waals surface area (Å²) in [4.78, 5) is 12.3. The van der Waals surface area contributed by atoms with Gasteiger partial charge in [0.2, 0.25) is 0 Å². The highest BCUT2D eigenvalue weighted by atomic mass is 19.4. The highest BCUT2D eigenvalue weighted by molar-refractivity contribution is 5.92. The molecule has 130 valence electrons. The lowest BCUT2D eigenvalue weighted by molar-refractivity contribution is -0.137. The van der Waals surface area contributed by atoms with Gasteiger partial charge in [0.25, 0.3) is 5.91 Å². The van der Waals surface area contributed by atoms with Crippen molar-refractivity contribution in [3.8, 4) is 0 Å². The lowest BCUT2D eigenvalue weighted by Crippen LogP contribution is -2.29. The first-order chi connectivity index (χ1) is 11.3. The summed E-state index contributed by atoms with van der Waals surface area (Å²) in [5.41, 5.74) is 5.89. The van der Waals surface area contributed by atoms with Crippen molar-refractivity contribution < 1.29 is 18.0 Å². The highest BCUT2D eigenvalue weighted by Gasteiger charge is 2.31. The van der Waals surface area contributed by atoms with Crippen molar-refractivity contribution in [2.45, 2.75) is 38.5 Å². The predicted octanol–water partition coefficient (Wildman–Crippen LogP) is 3.16. The van der Waals surface area contributed by atoms with Gasteiger partial charge >= 0.3 is 6.18 Å². The Morgan fingerprint density at radius 1 is 1.38 bits per heavy atom. The Balaban J connectivity index is 2.21. The number of hydrogen-bond acceptors (Lipinski definition) is 3. The van der Waals surface area contributed by atoms with Crippen molar-refractivity contribution in [1.29, 1.82) is 0 Å². The van der Waals surface area contributed by atoms with E-state index < -0.39 is 23.7 Å². The Morgan fingerprint density at radius 3 is 2.71 bits per heavy atom. The van der Waals surface area contributed by atoms with Crippen molar-refractivity contribution in [3.63, 3.8) is 0 Å². The van der Waals surface area contributed by atoms with Gasteiger partial charge in [0.05, 0.1) is 11.6 Å². The summed E-state index contributed by atoms with van der Waals surface area (Å²) in [5.74, 6) is -0.457. The SMILES string of the molecule is CCCC(NC(=O)c1cc(CN)[nH]n1)c1cccc(C(F)(F)F)c1. The molecule has 0 aliphatic carbocycles. The predicted molar refractivity (Wildman–Crippen MR) is 83.0 cm³/mol. The molecular formula is C16H19F3N4O. The van der Waals surface area contributed by atoms with Crippen molar-refractivity contribution in [1.82, 2.24) is 15.5 Å². The number of nitrogens with two attached hydrogens (primary N) is 1. The number of alkyl halides is 3. The second-order valence-corrected chi connectivity index (χ2v) is 5.42. The van der Waals surface area contributed by atoms with E-state index in [1.54, 1.807) is 6.07 Å². The molecule has 0 aliphatic rings. The number of aromatic amines is 1. The van der Waals surface area contributed by atoms with Crippen LogP contribution in [-0.4, -0.2) is 16.1 Å². The van der Waals surface area contributed by atoms with Gasteiger partial charge < -0.3 is 11.1 Å². The van der Waals surface area contributed by atoms with Crippen LogP contribution < -0.4 is 11.1 Å². The zero-order valence-electron chi connectivity index (χ0n) is 13.2. The molecule has 0 saturated heterocycles. The standard InChI is InChI=1S/C16H19F3N4O/c1-2-4-13(10-5-3-6-11(7-10)16(17,18)19)21-15(24)14-8-12(9-20)22-23-14/h3,5-8,13H,2,4,9,20H2,1H3,(H,21,24)(H,22,23). The van der Waals surface area contributed by atoms with Gasteiger partial charge in [0, 0.05) is 12.2 Å². The highest BCUT2D eigenvalue weighted by Crippen LogP contribution is 2.31. The minimum atomic E-state index is -4.42. The lowest BCUT2D eigenvalue weighted by atomic mass is 9.99. The Labute approximate surface area is 137 Å². The molecular weight excluding hydrogens is 321 g/mol. The molecule has 1 aromatic heterocycles. The van der Waals surface area contributed by atoms with Crippen molar-refractivity contribution in [2.24, 2.45) is 5.73 Å². The minimum absolute atomic E-state index is 0.156. The van der Waals surface area contributed by atoms with Gasteiger partial charge in [-0.3, -0.25) is 9.89 Å². The number of rotatable bonds is 6. The molecule has 1 aromatic carbocycles. The Kier molecular flexibility index (Phi) is 5.61. The minimum Gasteiger partial charge on any atom is -0.344 e. The molecule has 1 atom stereocenters. The van der Waals surface area contributed by atoms with Crippen molar-refractivity contribution >= 4 is 5.91 Å². The third kappa shape index (κ3) is 4.35. The summed E-state index contributed by atoms with van der Waals surface area (Å²) in [6, 6.07) is 5.99. The fraction of sp³-hybridized carbons (Fsp3) is 0.375. The number of benzene rings is 1. The summed E-state index contributed by atoms with van der Waals surface area (Å²) >= 11 is 0. The number of aromatic nitrogens is 2.